The van der Waals surface area contributed by atoms with E-state index in [0.29, 0.717) is 28.5 Å². The van der Waals surface area contributed by atoms with E-state index >= 15 is 0 Å². The second-order valence-electron chi connectivity index (χ2n) is 8.01. The number of urea groups is 1. The maximum absolute atomic E-state index is 13.6. The predicted molar refractivity (Wildman–Crippen MR) is 121 cm³/mol. The van der Waals surface area contributed by atoms with Crippen LogP contribution in [-0.4, -0.2) is 47.6 Å². The first-order valence-electron chi connectivity index (χ1n) is 10.7. The Hall–Kier alpha value is -4.73. The van der Waals surface area contributed by atoms with Gasteiger partial charge in [0.1, 0.15) is 17.3 Å². The lowest BCUT2D eigenvalue weighted by Gasteiger charge is -2.24. The molecule has 4 amide bonds. The van der Waals surface area contributed by atoms with Gasteiger partial charge in [0.05, 0.1) is 5.56 Å². The number of imide groups is 1. The summed E-state index contributed by atoms with van der Waals surface area (Å²) in [4.78, 5) is 40.8. The smallest absolute Gasteiger partial charge is 0.469 e. The fraction of sp³-hybridized carbons (Fsp3) is 0.120. The van der Waals surface area contributed by atoms with Gasteiger partial charge < -0.3 is 19.5 Å². The molecule has 9 nitrogen and oxygen atoms in total. The van der Waals surface area contributed by atoms with Gasteiger partial charge in [-0.25, -0.2) is 9.18 Å². The second kappa shape index (κ2) is 7.94. The van der Waals surface area contributed by atoms with Crippen LogP contribution in [-0.2, 0) is 9.59 Å². The number of fused-ring (bicyclic) bond motifs is 4. The first-order chi connectivity index (χ1) is 17.0. The van der Waals surface area contributed by atoms with E-state index < -0.39 is 29.8 Å². The Morgan fingerprint density at radius 3 is 2.60 bits per heavy atom. The molecule has 174 valence electrons. The van der Waals surface area contributed by atoms with E-state index in [2.05, 4.69) is 5.32 Å². The highest BCUT2D eigenvalue weighted by atomic mass is 19.1. The fourth-order valence-corrected chi connectivity index (χ4v) is 4.29. The van der Waals surface area contributed by atoms with Crippen molar-refractivity contribution in [2.24, 2.45) is 0 Å². The van der Waals surface area contributed by atoms with Crippen LogP contribution in [0.3, 0.4) is 0 Å². The first kappa shape index (κ1) is 20.8. The molecule has 35 heavy (non-hydrogen) atoms. The number of halogens is 1. The summed E-state index contributed by atoms with van der Waals surface area (Å²) in [6.07, 6.45) is -1.13. The maximum Gasteiger partial charge on any atom is 0.506 e. The quantitative estimate of drug-likeness (QED) is 0.584. The molecule has 6 rings (SSSR count). The van der Waals surface area contributed by atoms with Crippen LogP contribution >= 0.6 is 0 Å². The third-order valence-corrected chi connectivity index (χ3v) is 5.86. The number of nitrogens with one attached hydrogen (secondary N) is 1. The van der Waals surface area contributed by atoms with Crippen LogP contribution in [0.1, 0.15) is 5.56 Å². The van der Waals surface area contributed by atoms with E-state index in [1.165, 1.54) is 16.7 Å². The van der Waals surface area contributed by atoms with Crippen LogP contribution < -0.4 is 24.4 Å². The van der Waals surface area contributed by atoms with Crippen LogP contribution in [0, 0.1) is 5.82 Å². The van der Waals surface area contributed by atoms with Gasteiger partial charge in [0.15, 0.2) is 23.8 Å². The molecule has 0 fully saturated rings. The number of ether oxygens (including phenoxy) is 3. The molecule has 3 heterocycles. The van der Waals surface area contributed by atoms with Gasteiger partial charge >= 0.3 is 11.9 Å². The summed E-state index contributed by atoms with van der Waals surface area (Å²) < 4.78 is 31.2. The van der Waals surface area contributed by atoms with Gasteiger partial charge in [-0.1, -0.05) is 12.1 Å². The zero-order valence-corrected chi connectivity index (χ0v) is 18.1. The number of amides is 4. The van der Waals surface area contributed by atoms with Crippen LogP contribution in [0.25, 0.3) is 0 Å². The average molecular weight is 474 g/mol. The van der Waals surface area contributed by atoms with E-state index in [0.717, 1.165) is 17.0 Å². The normalized spacial score (nSPS) is 17.7. The molecule has 1 unspecified atom stereocenters. The lowest BCUT2D eigenvalue weighted by Crippen LogP contribution is -2.59. The predicted octanol–water partition coefficient (Wildman–Crippen LogP) is 2.92. The molecule has 1 N–H and O–H groups in total. The molecule has 0 aliphatic carbocycles. The van der Waals surface area contributed by atoms with E-state index in [1.54, 1.807) is 42.5 Å². The number of carbonyl (C=O) groups is 3. The molecule has 0 saturated carbocycles. The van der Waals surface area contributed by atoms with Gasteiger partial charge in [0, 0.05) is 11.8 Å². The van der Waals surface area contributed by atoms with Crippen LogP contribution in [0.4, 0.5) is 20.6 Å². The summed E-state index contributed by atoms with van der Waals surface area (Å²) in [5.74, 6) is -0.141. The van der Waals surface area contributed by atoms with Crippen molar-refractivity contribution in [1.82, 2.24) is 0 Å². The molecule has 1 atom stereocenters. The van der Waals surface area contributed by atoms with E-state index in [4.69, 9.17) is 14.2 Å². The molecule has 0 aromatic heterocycles. The van der Waals surface area contributed by atoms with Crippen molar-refractivity contribution in [3.63, 3.8) is 0 Å². The number of carbonyl (C=O) groups excluding carboxylic acids is 3. The number of hydrogen-bond acceptors (Lipinski definition) is 6. The highest BCUT2D eigenvalue weighted by Gasteiger charge is 2.54. The number of para-hydroxylation sites is 1. The largest absolute Gasteiger partial charge is 0.506 e. The molecule has 3 aliphatic heterocycles. The van der Waals surface area contributed by atoms with E-state index in [-0.39, 0.29) is 24.7 Å². The summed E-state index contributed by atoms with van der Waals surface area (Å²) in [5.41, 5.74) is 1.46. The molecule has 3 aromatic rings. The van der Waals surface area contributed by atoms with Crippen molar-refractivity contribution in [1.29, 1.82) is 0 Å². The second-order valence-corrected chi connectivity index (χ2v) is 8.01. The van der Waals surface area contributed by atoms with Gasteiger partial charge in [0.2, 0.25) is 6.79 Å². The molecule has 0 radical (unpaired) electrons. The highest BCUT2D eigenvalue weighted by molar-refractivity contribution is 6.29. The monoisotopic (exact) mass is 474 g/mol. The molecular formula is C25H17FN3O6+. The Balaban J connectivity index is 1.37. The highest BCUT2D eigenvalue weighted by Crippen LogP contribution is 2.35. The number of hydrogen-bond donors (Lipinski definition) is 1. The zero-order chi connectivity index (χ0) is 24.1. The van der Waals surface area contributed by atoms with Gasteiger partial charge in [-0.2, -0.15) is 9.37 Å². The number of anilines is 2. The third kappa shape index (κ3) is 3.46. The zero-order valence-electron chi connectivity index (χ0n) is 18.1. The fourth-order valence-electron chi connectivity index (χ4n) is 4.29. The molecule has 0 spiro atoms. The van der Waals surface area contributed by atoms with Crippen molar-refractivity contribution < 1.29 is 37.6 Å². The Labute approximate surface area is 197 Å². The van der Waals surface area contributed by atoms with Crippen LogP contribution in [0.15, 0.2) is 66.7 Å². The summed E-state index contributed by atoms with van der Waals surface area (Å²) in [7, 11) is 0. The molecule has 0 saturated heterocycles. The van der Waals surface area contributed by atoms with Crippen molar-refractivity contribution in [3.05, 3.63) is 78.1 Å². The lowest BCUT2D eigenvalue weighted by atomic mass is 10.0. The van der Waals surface area contributed by atoms with E-state index in [1.807, 2.05) is 0 Å². The maximum atomic E-state index is 13.6. The van der Waals surface area contributed by atoms with Crippen LogP contribution in [0.5, 0.6) is 17.2 Å². The first-order valence-corrected chi connectivity index (χ1v) is 10.7. The number of benzene rings is 3. The minimum absolute atomic E-state index is 0.0986. The van der Waals surface area contributed by atoms with Gasteiger partial charge in [-0.05, 0) is 48.5 Å². The standard InChI is InChI=1S/C25H16FN3O6/c26-14-5-8-16(9-6-14)29-24(31)23-22(17-3-1-2-4-18(17)35-23)28(25(29)32)12-21(30)27-15-7-10-19-20(11-15)34-13-33-19/h1-11,23H,12-13H2/p+1. The minimum Gasteiger partial charge on any atom is -0.469 e. The topological polar surface area (TPSA) is 97.2 Å². The van der Waals surface area contributed by atoms with E-state index in [9.17, 15) is 18.8 Å². The third-order valence-electron chi connectivity index (χ3n) is 5.86. The van der Waals surface area contributed by atoms with Gasteiger partial charge in [-0.3, -0.25) is 4.79 Å². The van der Waals surface area contributed by atoms with Crippen molar-refractivity contribution in [2.45, 2.75) is 6.10 Å². The molecular weight excluding hydrogens is 457 g/mol. The number of rotatable bonds is 4. The average Bonchev–Trinajstić information content (AvgIpc) is 3.47. The van der Waals surface area contributed by atoms with Crippen molar-refractivity contribution in [3.8, 4) is 17.2 Å². The Morgan fingerprint density at radius 2 is 1.77 bits per heavy atom. The van der Waals surface area contributed by atoms with Gasteiger partial charge in [-0.15, -0.1) is 4.90 Å². The summed E-state index contributed by atoms with van der Waals surface area (Å²) in [6, 6.07) is 16.1. The molecule has 10 heteroatoms. The number of nitrogens with zero attached hydrogens (tertiary/aromatic N) is 2. The lowest BCUT2D eigenvalue weighted by molar-refractivity contribution is -0.416. The van der Waals surface area contributed by atoms with Crippen molar-refractivity contribution >= 4 is 34.9 Å². The summed E-state index contributed by atoms with van der Waals surface area (Å²) in [6.45, 7) is -0.289. The molecule has 0 bridgehead atoms. The Kier molecular flexibility index (Phi) is 4.73. The SMILES string of the molecule is O=C(C[N+]1=C2c3ccccc3OC2C(=O)N(c2ccc(F)cc2)C1=O)Nc1ccc2c(c1)OCO2. The minimum atomic E-state index is -1.13. The van der Waals surface area contributed by atoms with Crippen molar-refractivity contribution in [2.75, 3.05) is 23.6 Å². The van der Waals surface area contributed by atoms with Crippen LogP contribution in [0.2, 0.25) is 0 Å². The summed E-state index contributed by atoms with van der Waals surface area (Å²) >= 11 is 0. The van der Waals surface area contributed by atoms with Gasteiger partial charge in [0.25, 0.3) is 12.0 Å². The molecule has 3 aliphatic rings. The Morgan fingerprint density at radius 1 is 1.00 bits per heavy atom. The molecule has 3 aromatic carbocycles. The Bertz CT molecular complexity index is 1440. The summed E-state index contributed by atoms with van der Waals surface area (Å²) in [5, 5.41) is 2.74.